The summed E-state index contributed by atoms with van der Waals surface area (Å²) in [5, 5.41) is 0.411. The molecule has 1 aromatic rings. The van der Waals surface area contributed by atoms with Crippen molar-refractivity contribution in [3.63, 3.8) is 0 Å². The van der Waals surface area contributed by atoms with E-state index in [4.69, 9.17) is 16.3 Å². The van der Waals surface area contributed by atoms with E-state index in [2.05, 4.69) is 0 Å². The van der Waals surface area contributed by atoms with E-state index in [0.29, 0.717) is 11.6 Å². The predicted molar refractivity (Wildman–Crippen MR) is 52.3 cm³/mol. The van der Waals surface area contributed by atoms with E-state index in [1.807, 2.05) is 0 Å². The van der Waals surface area contributed by atoms with Crippen LogP contribution in [0, 0.1) is 0 Å². The van der Waals surface area contributed by atoms with Crippen molar-refractivity contribution in [1.82, 2.24) is 4.57 Å². The maximum Gasteiger partial charge on any atom is 0.326 e. The minimum atomic E-state index is -0.447. The van der Waals surface area contributed by atoms with Crippen molar-refractivity contribution in [2.75, 3.05) is 6.61 Å². The zero-order valence-corrected chi connectivity index (χ0v) is 8.45. The maximum atomic E-state index is 11.2. The number of esters is 1. The van der Waals surface area contributed by atoms with Gasteiger partial charge < -0.3 is 9.30 Å². The van der Waals surface area contributed by atoms with Gasteiger partial charge in [-0.15, -0.1) is 0 Å². The summed E-state index contributed by atoms with van der Waals surface area (Å²) in [6, 6.07) is 2.78. The van der Waals surface area contributed by atoms with Crippen molar-refractivity contribution in [3.8, 4) is 0 Å². The van der Waals surface area contributed by atoms with E-state index in [1.165, 1.54) is 22.9 Å². The van der Waals surface area contributed by atoms with Crippen molar-refractivity contribution < 1.29 is 9.53 Å². The minimum absolute atomic E-state index is 0.104. The van der Waals surface area contributed by atoms with Gasteiger partial charge in [0.15, 0.2) is 0 Å². The lowest BCUT2D eigenvalue weighted by atomic mass is 10.4. The number of halogens is 1. The van der Waals surface area contributed by atoms with E-state index < -0.39 is 5.97 Å². The molecule has 0 amide bonds. The fourth-order valence-electron chi connectivity index (χ4n) is 0.971. The molecule has 1 rings (SSSR count). The molecular weight excluding hydrogens is 206 g/mol. The first-order valence-electron chi connectivity index (χ1n) is 4.15. The Bertz CT molecular complexity index is 386. The molecule has 4 nitrogen and oxygen atoms in total. The summed E-state index contributed by atoms with van der Waals surface area (Å²) in [5.74, 6) is -0.447. The van der Waals surface area contributed by atoms with Gasteiger partial charge in [-0.2, -0.15) is 0 Å². The Morgan fingerprint density at radius 3 is 2.93 bits per heavy atom. The molecular formula is C9H10ClNO3. The largest absolute Gasteiger partial charge is 0.465 e. The van der Waals surface area contributed by atoms with Gasteiger partial charge in [-0.05, 0) is 13.0 Å². The molecule has 0 bridgehead atoms. The van der Waals surface area contributed by atoms with Gasteiger partial charge in [0, 0.05) is 12.3 Å². The first kappa shape index (κ1) is 10.8. The van der Waals surface area contributed by atoms with Gasteiger partial charge in [0.05, 0.1) is 11.6 Å². The molecule has 0 aliphatic heterocycles. The normalized spacial score (nSPS) is 9.86. The lowest BCUT2D eigenvalue weighted by Crippen LogP contribution is -2.24. The molecule has 0 spiro atoms. The summed E-state index contributed by atoms with van der Waals surface area (Å²) < 4.78 is 5.91. The van der Waals surface area contributed by atoms with Gasteiger partial charge in [0.25, 0.3) is 5.56 Å². The number of carbonyl (C=O) groups excluding carboxylic acids is 1. The van der Waals surface area contributed by atoms with Crippen LogP contribution >= 0.6 is 11.6 Å². The van der Waals surface area contributed by atoms with E-state index in [0.717, 1.165) is 0 Å². The highest BCUT2D eigenvalue weighted by Gasteiger charge is 2.04. The Labute approximate surface area is 86.1 Å². The van der Waals surface area contributed by atoms with E-state index in [1.54, 1.807) is 6.92 Å². The molecule has 0 radical (unpaired) electrons. The summed E-state index contributed by atoms with van der Waals surface area (Å²) in [4.78, 5) is 22.3. The Hall–Kier alpha value is -1.29. The number of rotatable bonds is 3. The number of hydrogen-bond donors (Lipinski definition) is 0. The van der Waals surface area contributed by atoms with Crippen LogP contribution in [0.2, 0.25) is 5.02 Å². The number of nitrogens with zero attached hydrogens (tertiary/aromatic N) is 1. The molecule has 1 heterocycles. The van der Waals surface area contributed by atoms with Crippen molar-refractivity contribution in [2.24, 2.45) is 0 Å². The average Bonchev–Trinajstić information content (AvgIpc) is 2.12. The summed E-state index contributed by atoms with van der Waals surface area (Å²) in [5.41, 5.74) is -0.276. The molecule has 0 saturated carbocycles. The molecule has 5 heteroatoms. The number of ether oxygens (including phenoxy) is 1. The first-order chi connectivity index (χ1) is 6.63. The smallest absolute Gasteiger partial charge is 0.326 e. The molecule has 0 unspecified atom stereocenters. The van der Waals surface area contributed by atoms with E-state index in [-0.39, 0.29) is 12.1 Å². The minimum Gasteiger partial charge on any atom is -0.465 e. The fourth-order valence-corrected chi connectivity index (χ4v) is 1.15. The molecule has 76 valence electrons. The van der Waals surface area contributed by atoms with Crippen molar-refractivity contribution in [1.29, 1.82) is 0 Å². The lowest BCUT2D eigenvalue weighted by Gasteiger charge is -2.04. The molecule has 0 atom stereocenters. The highest BCUT2D eigenvalue weighted by Crippen LogP contribution is 2.02. The van der Waals surface area contributed by atoms with Crippen LogP contribution in [-0.2, 0) is 16.1 Å². The molecule has 0 fully saturated rings. The third-order valence-electron chi connectivity index (χ3n) is 1.55. The van der Waals surface area contributed by atoms with Crippen LogP contribution < -0.4 is 5.56 Å². The summed E-state index contributed by atoms with van der Waals surface area (Å²) in [6.07, 6.45) is 1.40. The fraction of sp³-hybridized carbons (Fsp3) is 0.333. The second-order valence-electron chi connectivity index (χ2n) is 2.62. The molecule has 1 aromatic heterocycles. The highest BCUT2D eigenvalue weighted by atomic mass is 35.5. The quantitative estimate of drug-likeness (QED) is 0.709. The zero-order chi connectivity index (χ0) is 10.6. The molecule has 0 aliphatic carbocycles. The van der Waals surface area contributed by atoms with Gasteiger partial charge in [0.2, 0.25) is 0 Å². The Morgan fingerprint density at radius 2 is 2.29 bits per heavy atom. The van der Waals surface area contributed by atoms with Crippen LogP contribution in [0.5, 0.6) is 0 Å². The standard InChI is InChI=1S/C9H10ClNO3/c1-2-14-9(13)6-11-5-7(10)3-4-8(11)12/h3-5H,2,6H2,1H3. The highest BCUT2D eigenvalue weighted by molar-refractivity contribution is 6.30. The molecule has 0 aliphatic rings. The topological polar surface area (TPSA) is 48.3 Å². The Balaban J connectivity index is 2.81. The zero-order valence-electron chi connectivity index (χ0n) is 7.70. The number of aromatic nitrogens is 1. The molecule has 0 N–H and O–H groups in total. The maximum absolute atomic E-state index is 11.2. The first-order valence-corrected chi connectivity index (χ1v) is 4.53. The van der Waals surface area contributed by atoms with Gasteiger partial charge in [-0.25, -0.2) is 0 Å². The van der Waals surface area contributed by atoms with Gasteiger partial charge in [-0.1, -0.05) is 11.6 Å². The molecule has 0 aromatic carbocycles. The average molecular weight is 216 g/mol. The Kier molecular flexibility index (Phi) is 3.71. The van der Waals surface area contributed by atoms with Crippen LogP contribution in [0.25, 0.3) is 0 Å². The molecule has 14 heavy (non-hydrogen) atoms. The second kappa shape index (κ2) is 4.81. The lowest BCUT2D eigenvalue weighted by molar-refractivity contribution is -0.143. The summed E-state index contributed by atoms with van der Waals surface area (Å²) in [6.45, 7) is 1.90. The van der Waals surface area contributed by atoms with Crippen molar-refractivity contribution in [2.45, 2.75) is 13.5 Å². The van der Waals surface area contributed by atoms with Crippen LogP contribution in [0.1, 0.15) is 6.92 Å². The van der Waals surface area contributed by atoms with E-state index in [9.17, 15) is 9.59 Å². The summed E-state index contributed by atoms with van der Waals surface area (Å²) >= 11 is 5.67. The SMILES string of the molecule is CCOC(=O)Cn1cc(Cl)ccc1=O. The Morgan fingerprint density at radius 1 is 1.57 bits per heavy atom. The summed E-state index contributed by atoms with van der Waals surface area (Å²) in [7, 11) is 0. The second-order valence-corrected chi connectivity index (χ2v) is 3.05. The van der Waals surface area contributed by atoms with Crippen LogP contribution in [0.3, 0.4) is 0 Å². The monoisotopic (exact) mass is 215 g/mol. The van der Waals surface area contributed by atoms with E-state index >= 15 is 0 Å². The molecule has 0 saturated heterocycles. The van der Waals surface area contributed by atoms with Gasteiger partial charge >= 0.3 is 5.97 Å². The van der Waals surface area contributed by atoms with Crippen LogP contribution in [0.4, 0.5) is 0 Å². The van der Waals surface area contributed by atoms with Crippen molar-refractivity contribution >= 4 is 17.6 Å². The predicted octanol–water partition coefficient (Wildman–Crippen LogP) is 1.06. The third-order valence-corrected chi connectivity index (χ3v) is 1.78. The van der Waals surface area contributed by atoms with Gasteiger partial charge in [-0.3, -0.25) is 9.59 Å². The van der Waals surface area contributed by atoms with Crippen molar-refractivity contribution in [3.05, 3.63) is 33.7 Å². The van der Waals surface area contributed by atoms with Gasteiger partial charge in [0.1, 0.15) is 6.54 Å². The van der Waals surface area contributed by atoms with Crippen LogP contribution in [0.15, 0.2) is 23.1 Å². The number of carbonyl (C=O) groups is 1. The number of pyridine rings is 1. The third kappa shape index (κ3) is 2.88. The number of hydrogen-bond acceptors (Lipinski definition) is 3. The van der Waals surface area contributed by atoms with Crippen LogP contribution in [-0.4, -0.2) is 17.1 Å².